The molecule has 168 valence electrons. The Labute approximate surface area is 185 Å². The molecule has 1 saturated heterocycles. The number of pyridine rings is 1. The molecular formula is C23H32N4O3S. The van der Waals surface area contributed by atoms with Gasteiger partial charge in [0, 0.05) is 44.5 Å². The van der Waals surface area contributed by atoms with Crippen LogP contribution in [0.4, 0.5) is 5.82 Å². The topological polar surface area (TPSA) is 82.6 Å². The van der Waals surface area contributed by atoms with Crippen LogP contribution in [0, 0.1) is 0 Å². The van der Waals surface area contributed by atoms with Gasteiger partial charge in [-0.25, -0.2) is 13.4 Å². The lowest BCUT2D eigenvalue weighted by Crippen LogP contribution is -2.33. The molecule has 0 saturated carbocycles. The summed E-state index contributed by atoms with van der Waals surface area (Å²) in [6.45, 7) is 5.99. The van der Waals surface area contributed by atoms with E-state index in [1.165, 1.54) is 49.2 Å². The van der Waals surface area contributed by atoms with E-state index in [0.717, 1.165) is 24.5 Å². The van der Waals surface area contributed by atoms with Crippen molar-refractivity contribution in [2.24, 2.45) is 0 Å². The van der Waals surface area contributed by atoms with Crippen molar-refractivity contribution in [2.75, 3.05) is 25.0 Å². The van der Waals surface area contributed by atoms with Crippen LogP contribution in [0.3, 0.4) is 0 Å². The largest absolute Gasteiger partial charge is 0.357 e. The van der Waals surface area contributed by atoms with E-state index in [0.29, 0.717) is 12.1 Å². The number of carbonyl (C=O) groups excluding carboxylic acids is 1. The van der Waals surface area contributed by atoms with Crippen molar-refractivity contribution in [3.05, 3.63) is 53.7 Å². The molecule has 1 aliphatic heterocycles. The van der Waals surface area contributed by atoms with Crippen LogP contribution in [0.5, 0.6) is 0 Å². The standard InChI is InChI=1S/C23H32N4O3S/c1-18(2)26(3)31(29,30)21-10-8-9-20(16-21)23(28)25-17-19-11-12-24-22(15-19)27-13-6-4-5-7-14-27/h8-12,15-16,18H,4-7,13-14,17H2,1-3H3,(H,25,28). The third-order valence-corrected chi connectivity index (χ3v) is 7.72. The van der Waals surface area contributed by atoms with E-state index in [1.54, 1.807) is 18.3 Å². The number of benzene rings is 1. The molecule has 0 atom stereocenters. The van der Waals surface area contributed by atoms with Gasteiger partial charge in [0.05, 0.1) is 4.90 Å². The Hall–Kier alpha value is -2.45. The number of sulfonamides is 1. The first-order valence-electron chi connectivity index (χ1n) is 10.8. The molecule has 1 amide bonds. The molecule has 0 unspecified atom stereocenters. The maximum absolute atomic E-state index is 12.7. The van der Waals surface area contributed by atoms with E-state index >= 15 is 0 Å². The van der Waals surface area contributed by atoms with Crippen LogP contribution in [0.25, 0.3) is 0 Å². The third-order valence-electron chi connectivity index (χ3n) is 5.69. The first-order valence-corrected chi connectivity index (χ1v) is 12.3. The molecule has 1 N–H and O–H groups in total. The minimum atomic E-state index is -3.64. The first kappa shape index (κ1) is 23.2. The fraction of sp³-hybridized carbons (Fsp3) is 0.478. The van der Waals surface area contributed by atoms with Crippen LogP contribution in [-0.4, -0.2) is 49.8 Å². The maximum atomic E-state index is 12.7. The van der Waals surface area contributed by atoms with Crippen molar-refractivity contribution in [1.29, 1.82) is 0 Å². The summed E-state index contributed by atoms with van der Waals surface area (Å²) in [6, 6.07) is 9.90. The molecule has 0 radical (unpaired) electrons. The van der Waals surface area contributed by atoms with Gasteiger partial charge >= 0.3 is 0 Å². The van der Waals surface area contributed by atoms with Gasteiger partial charge in [-0.05, 0) is 62.6 Å². The molecule has 31 heavy (non-hydrogen) atoms. The number of hydrogen-bond donors (Lipinski definition) is 1. The number of nitrogens with zero attached hydrogens (tertiary/aromatic N) is 3. The number of rotatable bonds is 7. The molecule has 7 nitrogen and oxygen atoms in total. The zero-order valence-corrected chi connectivity index (χ0v) is 19.4. The Morgan fingerprint density at radius 1 is 1.13 bits per heavy atom. The summed E-state index contributed by atoms with van der Waals surface area (Å²) in [5.74, 6) is 0.635. The Morgan fingerprint density at radius 2 is 1.84 bits per heavy atom. The van der Waals surface area contributed by atoms with Crippen molar-refractivity contribution in [1.82, 2.24) is 14.6 Å². The quantitative estimate of drug-likeness (QED) is 0.708. The van der Waals surface area contributed by atoms with Gasteiger partial charge in [-0.2, -0.15) is 4.31 Å². The second-order valence-corrected chi connectivity index (χ2v) is 10.2. The number of nitrogens with one attached hydrogen (secondary N) is 1. The molecule has 0 spiro atoms. The number of hydrogen-bond acceptors (Lipinski definition) is 5. The molecule has 3 rings (SSSR count). The van der Waals surface area contributed by atoms with Gasteiger partial charge in [0.25, 0.3) is 5.91 Å². The van der Waals surface area contributed by atoms with E-state index in [4.69, 9.17) is 0 Å². The van der Waals surface area contributed by atoms with Crippen LogP contribution in [-0.2, 0) is 16.6 Å². The average Bonchev–Trinajstić information content (AvgIpc) is 3.07. The van der Waals surface area contributed by atoms with Crippen molar-refractivity contribution in [2.45, 2.75) is 57.0 Å². The fourth-order valence-corrected chi connectivity index (χ4v) is 4.98. The third kappa shape index (κ3) is 5.83. The molecule has 1 aromatic heterocycles. The number of aromatic nitrogens is 1. The average molecular weight is 445 g/mol. The van der Waals surface area contributed by atoms with E-state index in [9.17, 15) is 13.2 Å². The second kappa shape index (κ2) is 10.2. The summed E-state index contributed by atoms with van der Waals surface area (Å²) in [7, 11) is -2.10. The van der Waals surface area contributed by atoms with Crippen LogP contribution in [0.15, 0.2) is 47.5 Å². The zero-order valence-electron chi connectivity index (χ0n) is 18.5. The Balaban J connectivity index is 1.68. The highest BCUT2D eigenvalue weighted by Gasteiger charge is 2.24. The molecule has 0 bridgehead atoms. The SMILES string of the molecule is CC(C)N(C)S(=O)(=O)c1cccc(C(=O)NCc2ccnc(N3CCCCCC3)c2)c1. The first-order chi connectivity index (χ1) is 14.8. The number of amides is 1. The molecular weight excluding hydrogens is 412 g/mol. The predicted octanol–water partition coefficient (Wildman–Crippen LogP) is 3.42. The number of carbonyl (C=O) groups is 1. The second-order valence-electron chi connectivity index (χ2n) is 8.25. The molecule has 2 heterocycles. The lowest BCUT2D eigenvalue weighted by Gasteiger charge is -2.22. The van der Waals surface area contributed by atoms with Gasteiger partial charge in [-0.1, -0.05) is 18.9 Å². The molecule has 8 heteroatoms. The van der Waals surface area contributed by atoms with Gasteiger partial charge < -0.3 is 10.2 Å². The summed E-state index contributed by atoms with van der Waals surface area (Å²) in [5, 5.41) is 2.89. The van der Waals surface area contributed by atoms with Crippen molar-refractivity contribution < 1.29 is 13.2 Å². The molecule has 1 fully saturated rings. The molecule has 0 aliphatic carbocycles. The molecule has 1 aromatic carbocycles. The Bertz CT molecular complexity index is 999. The van der Waals surface area contributed by atoms with Gasteiger partial charge in [-0.3, -0.25) is 4.79 Å². The minimum absolute atomic E-state index is 0.115. The Kier molecular flexibility index (Phi) is 7.67. The van der Waals surface area contributed by atoms with E-state index in [1.807, 2.05) is 26.0 Å². The van der Waals surface area contributed by atoms with E-state index in [-0.39, 0.29) is 16.8 Å². The van der Waals surface area contributed by atoms with Crippen LogP contribution >= 0.6 is 0 Å². The van der Waals surface area contributed by atoms with Crippen LogP contribution in [0.1, 0.15) is 55.5 Å². The summed E-state index contributed by atoms with van der Waals surface area (Å²) in [4.78, 5) is 19.6. The maximum Gasteiger partial charge on any atom is 0.251 e. The van der Waals surface area contributed by atoms with Crippen LogP contribution < -0.4 is 10.2 Å². The lowest BCUT2D eigenvalue weighted by molar-refractivity contribution is 0.0950. The Morgan fingerprint density at radius 3 is 2.52 bits per heavy atom. The highest BCUT2D eigenvalue weighted by Crippen LogP contribution is 2.19. The summed E-state index contributed by atoms with van der Waals surface area (Å²) in [5.41, 5.74) is 1.28. The highest BCUT2D eigenvalue weighted by molar-refractivity contribution is 7.89. The van der Waals surface area contributed by atoms with Crippen LogP contribution in [0.2, 0.25) is 0 Å². The summed E-state index contributed by atoms with van der Waals surface area (Å²) < 4.78 is 26.7. The summed E-state index contributed by atoms with van der Waals surface area (Å²) in [6.07, 6.45) is 6.64. The van der Waals surface area contributed by atoms with Gasteiger partial charge in [0.15, 0.2) is 0 Å². The van der Waals surface area contributed by atoms with Gasteiger partial charge in [0.1, 0.15) is 5.82 Å². The summed E-state index contributed by atoms with van der Waals surface area (Å²) >= 11 is 0. The zero-order chi connectivity index (χ0) is 22.4. The van der Waals surface area contributed by atoms with Crippen molar-refractivity contribution >= 4 is 21.7 Å². The van der Waals surface area contributed by atoms with Gasteiger partial charge in [-0.15, -0.1) is 0 Å². The number of anilines is 1. The lowest BCUT2D eigenvalue weighted by atomic mass is 10.2. The smallest absolute Gasteiger partial charge is 0.251 e. The van der Waals surface area contributed by atoms with E-state index < -0.39 is 10.0 Å². The van der Waals surface area contributed by atoms with Gasteiger partial charge in [0.2, 0.25) is 10.0 Å². The normalized spacial score (nSPS) is 15.2. The highest BCUT2D eigenvalue weighted by atomic mass is 32.2. The van der Waals surface area contributed by atoms with E-state index in [2.05, 4.69) is 15.2 Å². The minimum Gasteiger partial charge on any atom is -0.357 e. The molecule has 2 aromatic rings. The fourth-order valence-electron chi connectivity index (χ4n) is 3.57. The monoisotopic (exact) mass is 444 g/mol. The van der Waals surface area contributed by atoms with Crippen molar-refractivity contribution in [3.63, 3.8) is 0 Å². The van der Waals surface area contributed by atoms with Crippen molar-refractivity contribution in [3.8, 4) is 0 Å². The molecule has 1 aliphatic rings. The predicted molar refractivity (Wildman–Crippen MR) is 123 cm³/mol.